The van der Waals surface area contributed by atoms with Gasteiger partial charge in [0.15, 0.2) is 6.23 Å². The number of nitrogens with one attached hydrogen (secondary N) is 1. The molecule has 0 aromatic carbocycles. The fourth-order valence-corrected chi connectivity index (χ4v) is 5.03. The number of aliphatic hydroxyl groups excluding tert-OH is 1. The smallest absolute Gasteiger partial charge is 0.171 e. The molecule has 2 aromatic rings. The predicted molar refractivity (Wildman–Crippen MR) is 161 cm³/mol. The van der Waals surface area contributed by atoms with Crippen molar-refractivity contribution >= 4 is 11.4 Å². The zero-order valence-corrected chi connectivity index (χ0v) is 24.8. The summed E-state index contributed by atoms with van der Waals surface area (Å²) in [6.07, 6.45) is 8.25. The Hall–Kier alpha value is -4.08. The first-order valence-electron chi connectivity index (χ1n) is 14.0. The molecule has 222 valence electrons. The van der Waals surface area contributed by atoms with Crippen LogP contribution in [0.4, 0.5) is 5.82 Å². The van der Waals surface area contributed by atoms with Crippen LogP contribution in [0.15, 0.2) is 66.2 Å². The Balaban J connectivity index is 1.26. The van der Waals surface area contributed by atoms with E-state index >= 15 is 0 Å². The van der Waals surface area contributed by atoms with Crippen molar-refractivity contribution < 1.29 is 19.7 Å². The van der Waals surface area contributed by atoms with E-state index in [4.69, 9.17) is 14.5 Å². The highest BCUT2D eigenvalue weighted by Gasteiger charge is 2.33. The summed E-state index contributed by atoms with van der Waals surface area (Å²) in [7, 11) is 5.54. The van der Waals surface area contributed by atoms with Gasteiger partial charge in [-0.1, -0.05) is 5.92 Å². The molecule has 0 spiro atoms. The molecule has 3 aliphatic rings. The molecule has 1 saturated heterocycles. The number of piperazine rings is 1. The number of ether oxygens (including phenoxy) is 2. The summed E-state index contributed by atoms with van der Waals surface area (Å²) in [5, 5.41) is 28.4. The lowest BCUT2D eigenvalue weighted by Gasteiger charge is -2.36. The third-order valence-electron chi connectivity index (χ3n) is 7.29. The normalized spacial score (nSPS) is 18.5. The van der Waals surface area contributed by atoms with Crippen LogP contribution >= 0.6 is 0 Å². The molecule has 5 heterocycles. The Morgan fingerprint density at radius 1 is 1.14 bits per heavy atom. The number of hydrazine groups is 1. The van der Waals surface area contributed by atoms with E-state index < -0.39 is 11.8 Å². The number of methoxy groups -OCH3 is 1. The fraction of sp³-hybridized carbons (Fsp3) is 0.419. The van der Waals surface area contributed by atoms with Gasteiger partial charge in [-0.05, 0) is 44.0 Å². The zero-order valence-electron chi connectivity index (χ0n) is 24.8. The van der Waals surface area contributed by atoms with E-state index in [1.54, 1.807) is 39.4 Å². The van der Waals surface area contributed by atoms with E-state index in [2.05, 4.69) is 43.1 Å². The molecule has 2 aromatic heterocycles. The van der Waals surface area contributed by atoms with E-state index in [-0.39, 0.29) is 6.61 Å². The quantitative estimate of drug-likeness (QED) is 0.401. The first kappa shape index (κ1) is 29.4. The van der Waals surface area contributed by atoms with E-state index in [0.29, 0.717) is 30.2 Å². The van der Waals surface area contributed by atoms with Gasteiger partial charge in [0.25, 0.3) is 0 Å². The van der Waals surface area contributed by atoms with Gasteiger partial charge in [0.1, 0.15) is 23.9 Å². The maximum absolute atomic E-state index is 10.7. The van der Waals surface area contributed by atoms with Crippen molar-refractivity contribution in [2.24, 2.45) is 0 Å². The summed E-state index contributed by atoms with van der Waals surface area (Å²) < 4.78 is 11.2. The molecule has 11 heteroatoms. The Morgan fingerprint density at radius 2 is 1.93 bits per heavy atom. The lowest BCUT2D eigenvalue weighted by molar-refractivity contribution is 0.00295. The summed E-state index contributed by atoms with van der Waals surface area (Å²) in [5.41, 5.74) is 3.87. The molecule has 3 aliphatic heterocycles. The largest absolute Gasteiger partial charge is 0.495 e. The fourth-order valence-electron chi connectivity index (χ4n) is 5.03. The van der Waals surface area contributed by atoms with Crippen molar-refractivity contribution in [2.45, 2.75) is 25.7 Å². The molecule has 11 nitrogen and oxygen atoms in total. The number of likely N-dealkylation sites (N-methyl/N-ethyl adjacent to an activating group) is 2. The molecule has 0 amide bonds. The molecule has 1 fully saturated rings. The van der Waals surface area contributed by atoms with Crippen LogP contribution in [-0.4, -0.2) is 107 Å². The number of pyridine rings is 2. The number of allylic oxidation sites excluding steroid dienone is 2. The second-order valence-corrected chi connectivity index (χ2v) is 11.1. The summed E-state index contributed by atoms with van der Waals surface area (Å²) in [6, 6.07) is 5.91. The minimum atomic E-state index is -0.943. The number of rotatable bonds is 8. The van der Waals surface area contributed by atoms with E-state index in [1.807, 2.05) is 43.5 Å². The first-order valence-corrected chi connectivity index (χ1v) is 14.0. The SMILES string of the molecule is CNC1=C2C(c3ccc(N4CCN(C(O)C#Cc5cncc(OC)c5)CC4)nc3)=CC(OCC(C)(C)O)=CN2N(C)C1. The summed E-state index contributed by atoms with van der Waals surface area (Å²) in [4.78, 5) is 13.1. The van der Waals surface area contributed by atoms with Crippen molar-refractivity contribution in [3.8, 4) is 17.6 Å². The van der Waals surface area contributed by atoms with Crippen molar-refractivity contribution in [1.82, 2.24) is 30.2 Å². The van der Waals surface area contributed by atoms with Crippen LogP contribution in [0.5, 0.6) is 5.75 Å². The van der Waals surface area contributed by atoms with Gasteiger partial charge >= 0.3 is 0 Å². The molecular weight excluding hydrogens is 534 g/mol. The molecule has 3 N–H and O–H groups in total. The number of hydrogen-bond donors (Lipinski definition) is 3. The third kappa shape index (κ3) is 6.69. The lowest BCUT2D eigenvalue weighted by atomic mass is 10.00. The highest BCUT2D eigenvalue weighted by Crippen LogP contribution is 2.38. The van der Waals surface area contributed by atoms with Crippen LogP contribution in [0.2, 0.25) is 0 Å². The summed E-state index contributed by atoms with van der Waals surface area (Å²) in [6.45, 7) is 7.13. The van der Waals surface area contributed by atoms with Gasteiger partial charge in [-0.3, -0.25) is 14.9 Å². The number of anilines is 1. The number of hydrogen-bond acceptors (Lipinski definition) is 11. The number of aliphatic hydroxyl groups is 2. The highest BCUT2D eigenvalue weighted by atomic mass is 16.5. The third-order valence-corrected chi connectivity index (χ3v) is 7.29. The second kappa shape index (κ2) is 12.4. The number of fused-ring (bicyclic) bond motifs is 1. The van der Waals surface area contributed by atoms with Crippen LogP contribution in [-0.2, 0) is 4.74 Å². The van der Waals surface area contributed by atoms with Gasteiger partial charge in [0, 0.05) is 69.4 Å². The Labute approximate surface area is 247 Å². The zero-order chi connectivity index (χ0) is 29.9. The van der Waals surface area contributed by atoms with Crippen LogP contribution in [0.1, 0.15) is 25.0 Å². The highest BCUT2D eigenvalue weighted by molar-refractivity contribution is 5.82. The standard InChI is InChI=1S/C31H39N7O4/c1-31(2,40)21-42-25-15-26(30-27(32-3)20-35(4)38(30)19-25)23-7-8-28(34-17-23)36-10-12-37(13-11-36)29(39)9-6-22-14-24(41-5)18-33-16-22/h7-8,14-19,29,32,39-40H,10-13,20-21H2,1-5H3. The molecule has 1 unspecified atom stereocenters. The minimum Gasteiger partial charge on any atom is -0.495 e. The average molecular weight is 574 g/mol. The number of aromatic nitrogens is 2. The first-order chi connectivity index (χ1) is 20.1. The van der Waals surface area contributed by atoms with Crippen molar-refractivity contribution in [2.75, 3.05) is 65.4 Å². The molecule has 0 aliphatic carbocycles. The van der Waals surface area contributed by atoms with Gasteiger partial charge in [-0.2, -0.15) is 0 Å². The minimum absolute atomic E-state index is 0.180. The van der Waals surface area contributed by atoms with E-state index in [1.165, 1.54) is 0 Å². The van der Waals surface area contributed by atoms with Crippen molar-refractivity contribution in [3.63, 3.8) is 0 Å². The Bertz CT molecular complexity index is 1430. The van der Waals surface area contributed by atoms with Crippen molar-refractivity contribution in [3.05, 3.63) is 77.3 Å². The predicted octanol–water partition coefficient (Wildman–Crippen LogP) is 1.60. The maximum atomic E-state index is 10.7. The molecule has 0 bridgehead atoms. The second-order valence-electron chi connectivity index (χ2n) is 11.1. The van der Waals surface area contributed by atoms with Crippen LogP contribution in [0.3, 0.4) is 0 Å². The van der Waals surface area contributed by atoms with Crippen LogP contribution in [0, 0.1) is 11.8 Å². The van der Waals surface area contributed by atoms with Gasteiger partial charge in [0.05, 0.1) is 43.0 Å². The van der Waals surface area contributed by atoms with E-state index in [9.17, 15) is 10.2 Å². The van der Waals surface area contributed by atoms with Gasteiger partial charge in [-0.15, -0.1) is 0 Å². The van der Waals surface area contributed by atoms with Gasteiger partial charge < -0.3 is 29.9 Å². The van der Waals surface area contributed by atoms with Gasteiger partial charge in [-0.25, -0.2) is 9.99 Å². The molecular formula is C31H39N7O4. The van der Waals surface area contributed by atoms with Crippen molar-refractivity contribution in [1.29, 1.82) is 0 Å². The molecule has 1 atom stereocenters. The number of nitrogens with zero attached hydrogens (tertiary/aromatic N) is 6. The Morgan fingerprint density at radius 3 is 2.60 bits per heavy atom. The monoisotopic (exact) mass is 573 g/mol. The molecule has 5 rings (SSSR count). The van der Waals surface area contributed by atoms with Crippen LogP contribution < -0.4 is 15.0 Å². The average Bonchev–Trinajstić information content (AvgIpc) is 3.33. The maximum Gasteiger partial charge on any atom is 0.171 e. The molecule has 0 saturated carbocycles. The van der Waals surface area contributed by atoms with Gasteiger partial charge in [0.2, 0.25) is 0 Å². The lowest BCUT2D eigenvalue weighted by Crippen LogP contribution is -2.50. The van der Waals surface area contributed by atoms with E-state index in [0.717, 1.165) is 48.0 Å². The Kier molecular flexibility index (Phi) is 8.70. The van der Waals surface area contributed by atoms with Crippen LogP contribution in [0.25, 0.3) is 5.57 Å². The summed E-state index contributed by atoms with van der Waals surface area (Å²) in [5.74, 6) is 8.09. The summed E-state index contributed by atoms with van der Waals surface area (Å²) >= 11 is 0. The molecule has 0 radical (unpaired) electrons. The topological polar surface area (TPSA) is 110 Å². The molecule has 42 heavy (non-hydrogen) atoms.